The molecule has 1 N–H and O–H groups in total. The molecule has 0 aliphatic heterocycles. The van der Waals surface area contributed by atoms with Gasteiger partial charge in [-0.3, -0.25) is 4.57 Å². The van der Waals surface area contributed by atoms with Crippen LogP contribution in [0, 0.1) is 0 Å². The van der Waals surface area contributed by atoms with Crippen molar-refractivity contribution in [2.75, 3.05) is 0 Å². The highest BCUT2D eigenvalue weighted by atomic mass is 16.3. The van der Waals surface area contributed by atoms with Crippen LogP contribution in [0.15, 0.2) is 61.1 Å². The molecule has 21 heavy (non-hydrogen) atoms. The van der Waals surface area contributed by atoms with Crippen molar-refractivity contribution in [2.24, 2.45) is 0 Å². The van der Waals surface area contributed by atoms with E-state index >= 15 is 0 Å². The van der Waals surface area contributed by atoms with Crippen LogP contribution in [-0.2, 0) is 6.61 Å². The summed E-state index contributed by atoms with van der Waals surface area (Å²) in [6, 6.07) is 15.9. The Bertz CT molecular complexity index is 943. The number of fused-ring (bicyclic) bond motifs is 2. The average Bonchev–Trinajstić information content (AvgIpc) is 2.98. The van der Waals surface area contributed by atoms with Crippen molar-refractivity contribution < 1.29 is 5.11 Å². The number of aliphatic hydroxyl groups is 1. The average molecular weight is 275 g/mol. The molecule has 0 aliphatic carbocycles. The lowest BCUT2D eigenvalue weighted by atomic mass is 10.1. The molecule has 0 radical (unpaired) electrons. The third-order valence-electron chi connectivity index (χ3n) is 3.71. The molecule has 4 heteroatoms. The van der Waals surface area contributed by atoms with E-state index in [0.717, 1.165) is 33.2 Å². The molecule has 0 unspecified atom stereocenters. The maximum atomic E-state index is 9.47. The molecule has 102 valence electrons. The number of imidazole rings is 1. The van der Waals surface area contributed by atoms with Gasteiger partial charge in [-0.05, 0) is 17.5 Å². The van der Waals surface area contributed by atoms with Gasteiger partial charge in [-0.1, -0.05) is 36.4 Å². The minimum absolute atomic E-state index is 0.0154. The van der Waals surface area contributed by atoms with Crippen molar-refractivity contribution in [3.8, 4) is 5.82 Å². The zero-order chi connectivity index (χ0) is 14.2. The molecule has 0 saturated carbocycles. The Balaban J connectivity index is 2.07. The fraction of sp³-hybridized carbons (Fsp3) is 0.0588. The van der Waals surface area contributed by atoms with Gasteiger partial charge in [0.05, 0.1) is 17.6 Å². The van der Waals surface area contributed by atoms with Crippen LogP contribution in [-0.4, -0.2) is 19.6 Å². The molecule has 0 atom stereocenters. The van der Waals surface area contributed by atoms with Crippen LogP contribution in [0.25, 0.3) is 27.6 Å². The van der Waals surface area contributed by atoms with Crippen LogP contribution in [0.2, 0.25) is 0 Å². The SMILES string of the molecule is OCc1cnc(-n2cnc3ccccc32)c2ccccc12. The number of nitrogens with zero attached hydrogens (tertiary/aromatic N) is 3. The van der Waals surface area contributed by atoms with Gasteiger partial charge in [-0.15, -0.1) is 0 Å². The number of aliphatic hydroxyl groups excluding tert-OH is 1. The third kappa shape index (κ3) is 1.80. The molecule has 0 spiro atoms. The third-order valence-corrected chi connectivity index (χ3v) is 3.71. The highest BCUT2D eigenvalue weighted by Gasteiger charge is 2.10. The summed E-state index contributed by atoms with van der Waals surface area (Å²) in [4.78, 5) is 8.95. The second kappa shape index (κ2) is 4.68. The number of aromatic nitrogens is 3. The van der Waals surface area contributed by atoms with Crippen LogP contribution < -0.4 is 0 Å². The van der Waals surface area contributed by atoms with Crippen molar-refractivity contribution in [1.82, 2.24) is 14.5 Å². The second-order valence-electron chi connectivity index (χ2n) is 4.91. The Kier molecular flexibility index (Phi) is 2.69. The monoisotopic (exact) mass is 275 g/mol. The van der Waals surface area contributed by atoms with E-state index < -0.39 is 0 Å². The summed E-state index contributed by atoms with van der Waals surface area (Å²) in [5, 5.41) is 11.5. The first-order chi connectivity index (χ1) is 10.4. The number of pyridine rings is 1. The van der Waals surface area contributed by atoms with Crippen molar-refractivity contribution in [2.45, 2.75) is 6.61 Å². The van der Waals surface area contributed by atoms with E-state index in [0.29, 0.717) is 0 Å². The fourth-order valence-corrected chi connectivity index (χ4v) is 2.68. The van der Waals surface area contributed by atoms with E-state index in [-0.39, 0.29) is 6.61 Å². The zero-order valence-electron chi connectivity index (χ0n) is 11.3. The number of hydrogen-bond donors (Lipinski definition) is 1. The van der Waals surface area contributed by atoms with Gasteiger partial charge in [0.2, 0.25) is 0 Å². The van der Waals surface area contributed by atoms with Crippen molar-refractivity contribution in [1.29, 1.82) is 0 Å². The van der Waals surface area contributed by atoms with Gasteiger partial charge in [0, 0.05) is 17.1 Å². The van der Waals surface area contributed by atoms with E-state index in [2.05, 4.69) is 9.97 Å². The first kappa shape index (κ1) is 12.1. The van der Waals surface area contributed by atoms with Gasteiger partial charge in [0.1, 0.15) is 12.1 Å². The normalized spacial score (nSPS) is 11.3. The molecule has 0 amide bonds. The predicted octanol–water partition coefficient (Wildman–Crippen LogP) is 3.07. The Labute approximate surface area is 121 Å². The van der Waals surface area contributed by atoms with E-state index in [9.17, 15) is 5.11 Å². The zero-order valence-corrected chi connectivity index (χ0v) is 11.3. The molecule has 0 fully saturated rings. The molecular formula is C17H13N3O. The van der Waals surface area contributed by atoms with Crippen LogP contribution >= 0.6 is 0 Å². The first-order valence-corrected chi connectivity index (χ1v) is 6.78. The molecule has 4 aromatic rings. The molecule has 2 aromatic heterocycles. The number of hydrogen-bond acceptors (Lipinski definition) is 3. The standard InChI is InChI=1S/C17H13N3O/c21-10-12-9-18-17(14-6-2-1-5-13(12)14)20-11-19-15-7-3-4-8-16(15)20/h1-9,11,21H,10H2. The van der Waals surface area contributed by atoms with Gasteiger partial charge in [0.15, 0.2) is 0 Å². The molecule has 2 heterocycles. The minimum Gasteiger partial charge on any atom is -0.392 e. The van der Waals surface area contributed by atoms with Crippen LogP contribution in [0.1, 0.15) is 5.56 Å². The van der Waals surface area contributed by atoms with E-state index in [1.54, 1.807) is 12.5 Å². The van der Waals surface area contributed by atoms with Crippen molar-refractivity contribution >= 4 is 21.8 Å². The summed E-state index contributed by atoms with van der Waals surface area (Å²) in [5.41, 5.74) is 2.79. The largest absolute Gasteiger partial charge is 0.392 e. The van der Waals surface area contributed by atoms with Gasteiger partial charge in [-0.2, -0.15) is 0 Å². The van der Waals surface area contributed by atoms with Gasteiger partial charge in [-0.25, -0.2) is 9.97 Å². The molecule has 0 aliphatic rings. The maximum Gasteiger partial charge on any atom is 0.146 e. The van der Waals surface area contributed by atoms with Gasteiger partial charge >= 0.3 is 0 Å². The Morgan fingerprint density at radius 1 is 0.905 bits per heavy atom. The Hall–Kier alpha value is -2.72. The quantitative estimate of drug-likeness (QED) is 0.611. The molecule has 0 saturated heterocycles. The number of para-hydroxylation sites is 2. The summed E-state index contributed by atoms with van der Waals surface area (Å²) >= 11 is 0. The van der Waals surface area contributed by atoms with Crippen molar-refractivity contribution in [3.63, 3.8) is 0 Å². The molecule has 4 nitrogen and oxygen atoms in total. The van der Waals surface area contributed by atoms with E-state index in [1.807, 2.05) is 53.1 Å². The van der Waals surface area contributed by atoms with E-state index in [1.165, 1.54) is 0 Å². The lowest BCUT2D eigenvalue weighted by Gasteiger charge is -2.10. The molecular weight excluding hydrogens is 262 g/mol. The summed E-state index contributed by atoms with van der Waals surface area (Å²) in [5.74, 6) is 0.830. The lowest BCUT2D eigenvalue weighted by Crippen LogP contribution is -1.99. The summed E-state index contributed by atoms with van der Waals surface area (Å²) < 4.78 is 1.98. The van der Waals surface area contributed by atoms with Gasteiger partial charge in [0.25, 0.3) is 0 Å². The maximum absolute atomic E-state index is 9.47. The van der Waals surface area contributed by atoms with Crippen LogP contribution in [0.4, 0.5) is 0 Å². The lowest BCUT2D eigenvalue weighted by molar-refractivity contribution is 0.283. The van der Waals surface area contributed by atoms with Crippen LogP contribution in [0.3, 0.4) is 0 Å². The predicted molar refractivity (Wildman–Crippen MR) is 82.3 cm³/mol. The smallest absolute Gasteiger partial charge is 0.146 e. The molecule has 2 aromatic carbocycles. The summed E-state index contributed by atoms with van der Waals surface area (Å²) in [7, 11) is 0. The summed E-state index contributed by atoms with van der Waals surface area (Å²) in [6.45, 7) is -0.0154. The summed E-state index contributed by atoms with van der Waals surface area (Å²) in [6.07, 6.45) is 3.52. The fourth-order valence-electron chi connectivity index (χ4n) is 2.68. The van der Waals surface area contributed by atoms with Crippen molar-refractivity contribution in [3.05, 3.63) is 66.6 Å². The molecule has 4 rings (SSSR count). The Morgan fingerprint density at radius 3 is 2.52 bits per heavy atom. The number of benzene rings is 2. The second-order valence-corrected chi connectivity index (χ2v) is 4.91. The highest BCUT2D eigenvalue weighted by Crippen LogP contribution is 2.26. The van der Waals surface area contributed by atoms with Crippen LogP contribution in [0.5, 0.6) is 0 Å². The first-order valence-electron chi connectivity index (χ1n) is 6.78. The van der Waals surface area contributed by atoms with E-state index in [4.69, 9.17) is 0 Å². The highest BCUT2D eigenvalue weighted by molar-refractivity contribution is 5.92. The Morgan fingerprint density at radius 2 is 1.67 bits per heavy atom. The van der Waals surface area contributed by atoms with Gasteiger partial charge < -0.3 is 5.11 Å². The molecule has 0 bridgehead atoms. The minimum atomic E-state index is -0.0154. The number of rotatable bonds is 2. The topological polar surface area (TPSA) is 50.9 Å².